The number of thioether (sulfide) groups is 1. The molecule has 1 aliphatic rings. The Morgan fingerprint density at radius 1 is 1.05 bits per heavy atom. The Labute approximate surface area is 120 Å². The Morgan fingerprint density at radius 3 is 2.20 bits per heavy atom. The van der Waals surface area contributed by atoms with Crippen LogP contribution in [0, 0.1) is 0 Å². The molecule has 1 aromatic carbocycles. The van der Waals surface area contributed by atoms with Crippen molar-refractivity contribution in [3.8, 4) is 0 Å². The molecule has 5 nitrogen and oxygen atoms in total. The molecule has 0 saturated carbocycles. The van der Waals surface area contributed by atoms with E-state index in [1.807, 2.05) is 47.2 Å². The summed E-state index contributed by atoms with van der Waals surface area (Å²) in [5.41, 5.74) is 0.900. The highest BCUT2D eigenvalue weighted by Gasteiger charge is 2.27. The maximum atomic E-state index is 11.6. The van der Waals surface area contributed by atoms with Gasteiger partial charge in [0.2, 0.25) is 0 Å². The lowest BCUT2D eigenvalue weighted by atomic mass is 10.1. The molecule has 1 heterocycles. The molecular weight excluding hydrogens is 276 g/mol. The van der Waals surface area contributed by atoms with E-state index in [0.29, 0.717) is 0 Å². The average Bonchev–Trinajstić information content (AvgIpc) is 2.43. The monoisotopic (exact) mass is 288 g/mol. The second-order valence-corrected chi connectivity index (χ2v) is 4.77. The lowest BCUT2D eigenvalue weighted by molar-refractivity contribution is -0.124. The van der Waals surface area contributed by atoms with Crippen LogP contribution in [0.1, 0.15) is 5.56 Å². The van der Waals surface area contributed by atoms with Crippen LogP contribution in [0.5, 0.6) is 0 Å². The summed E-state index contributed by atoms with van der Waals surface area (Å²) in [6.45, 7) is 0. The summed E-state index contributed by atoms with van der Waals surface area (Å²) in [4.78, 5) is 35.0. The van der Waals surface area contributed by atoms with Gasteiger partial charge in [0.05, 0.1) is 0 Å². The molecule has 20 heavy (non-hydrogen) atoms. The van der Waals surface area contributed by atoms with E-state index in [4.69, 9.17) is 0 Å². The number of carbonyl (C=O) groups excluding carboxylic acids is 3. The maximum Gasteiger partial charge on any atom is 0.328 e. The number of benzene rings is 1. The summed E-state index contributed by atoms with van der Waals surface area (Å²) in [5.74, 6) is -1.38. The molecule has 0 aromatic heterocycles. The molecule has 1 aromatic rings. The van der Waals surface area contributed by atoms with Crippen LogP contribution in [0.3, 0.4) is 0 Å². The highest BCUT2D eigenvalue weighted by atomic mass is 32.2. The zero-order valence-corrected chi connectivity index (χ0v) is 11.5. The SMILES string of the molecule is CS/C(=C\C=C1C(=O)NC(=O)NC1=O)c1ccccc1. The van der Waals surface area contributed by atoms with Crippen molar-refractivity contribution in [3.63, 3.8) is 0 Å². The standard InChI is InChI=1S/C14H12N2O3S/c1-20-11(9-5-3-2-4-6-9)8-7-10-12(17)15-14(19)16-13(10)18/h2-8H,1H3,(H2,15,16,17,18,19)/b11-8-. The van der Waals surface area contributed by atoms with Crippen LogP contribution < -0.4 is 10.6 Å². The van der Waals surface area contributed by atoms with Crippen LogP contribution in [0.4, 0.5) is 4.79 Å². The second kappa shape index (κ2) is 6.21. The van der Waals surface area contributed by atoms with Crippen LogP contribution in [0.15, 0.2) is 48.1 Å². The first-order valence-corrected chi connectivity index (χ1v) is 7.02. The molecule has 2 rings (SSSR count). The highest BCUT2D eigenvalue weighted by molar-refractivity contribution is 8.07. The van der Waals surface area contributed by atoms with Gasteiger partial charge in [0.15, 0.2) is 0 Å². The van der Waals surface area contributed by atoms with Crippen molar-refractivity contribution in [1.29, 1.82) is 0 Å². The van der Waals surface area contributed by atoms with Crippen molar-refractivity contribution in [1.82, 2.24) is 10.6 Å². The van der Waals surface area contributed by atoms with E-state index in [1.54, 1.807) is 6.08 Å². The van der Waals surface area contributed by atoms with Crippen LogP contribution in [-0.2, 0) is 9.59 Å². The van der Waals surface area contributed by atoms with Gasteiger partial charge in [-0.15, -0.1) is 11.8 Å². The summed E-state index contributed by atoms with van der Waals surface area (Å²) in [7, 11) is 0. The third-order valence-electron chi connectivity index (χ3n) is 2.62. The van der Waals surface area contributed by atoms with Gasteiger partial charge in [0, 0.05) is 4.91 Å². The molecule has 4 amide bonds. The van der Waals surface area contributed by atoms with Crippen molar-refractivity contribution in [2.75, 3.05) is 6.26 Å². The lowest BCUT2D eigenvalue weighted by Gasteiger charge is -2.13. The number of allylic oxidation sites excluding steroid dienone is 2. The summed E-state index contributed by atoms with van der Waals surface area (Å²) < 4.78 is 0. The Balaban J connectivity index is 2.29. The third-order valence-corrected chi connectivity index (χ3v) is 3.43. The van der Waals surface area contributed by atoms with E-state index in [9.17, 15) is 14.4 Å². The molecule has 0 spiro atoms. The first-order chi connectivity index (χ1) is 9.61. The first kappa shape index (κ1) is 14.1. The van der Waals surface area contributed by atoms with E-state index in [2.05, 4.69) is 0 Å². The molecule has 2 N–H and O–H groups in total. The molecule has 1 fully saturated rings. The molecule has 6 heteroatoms. The topological polar surface area (TPSA) is 75.3 Å². The summed E-state index contributed by atoms with van der Waals surface area (Å²) in [6, 6.07) is 8.80. The molecule has 1 aliphatic heterocycles. The van der Waals surface area contributed by atoms with E-state index in [1.165, 1.54) is 17.8 Å². The molecule has 0 unspecified atom stereocenters. The van der Waals surface area contributed by atoms with Gasteiger partial charge in [-0.05, 0) is 24.0 Å². The number of nitrogens with one attached hydrogen (secondary N) is 2. The summed E-state index contributed by atoms with van der Waals surface area (Å²) in [6.07, 6.45) is 5.00. The minimum absolute atomic E-state index is 0.0907. The fourth-order valence-corrected chi connectivity index (χ4v) is 2.25. The van der Waals surface area contributed by atoms with Gasteiger partial charge in [0.1, 0.15) is 5.57 Å². The van der Waals surface area contributed by atoms with Gasteiger partial charge in [-0.2, -0.15) is 0 Å². The van der Waals surface area contributed by atoms with Crippen molar-refractivity contribution in [3.05, 3.63) is 53.6 Å². The Kier molecular flexibility index (Phi) is 4.37. The molecular formula is C14H12N2O3S. The van der Waals surface area contributed by atoms with E-state index >= 15 is 0 Å². The van der Waals surface area contributed by atoms with Crippen LogP contribution in [0.25, 0.3) is 4.91 Å². The highest BCUT2D eigenvalue weighted by Crippen LogP contribution is 2.25. The number of rotatable bonds is 3. The summed E-state index contributed by atoms with van der Waals surface area (Å²) >= 11 is 1.50. The predicted octanol–water partition coefficient (Wildman–Crippen LogP) is 1.68. The smallest absolute Gasteiger partial charge is 0.273 e. The molecule has 0 atom stereocenters. The normalized spacial score (nSPS) is 15.8. The second-order valence-electron chi connectivity index (χ2n) is 3.92. The van der Waals surface area contributed by atoms with Crippen molar-refractivity contribution in [2.24, 2.45) is 0 Å². The van der Waals surface area contributed by atoms with E-state index < -0.39 is 17.8 Å². The number of barbiturate groups is 1. The predicted molar refractivity (Wildman–Crippen MR) is 77.7 cm³/mol. The minimum Gasteiger partial charge on any atom is -0.273 e. The number of urea groups is 1. The van der Waals surface area contributed by atoms with Gasteiger partial charge in [0.25, 0.3) is 11.8 Å². The quantitative estimate of drug-likeness (QED) is 0.655. The van der Waals surface area contributed by atoms with Crippen LogP contribution >= 0.6 is 11.8 Å². The lowest BCUT2D eigenvalue weighted by Crippen LogP contribution is -2.51. The van der Waals surface area contributed by atoms with Gasteiger partial charge < -0.3 is 0 Å². The zero-order chi connectivity index (χ0) is 14.5. The third kappa shape index (κ3) is 3.16. The largest absolute Gasteiger partial charge is 0.328 e. The number of hydrogen-bond donors (Lipinski definition) is 2. The van der Waals surface area contributed by atoms with Gasteiger partial charge in [-0.3, -0.25) is 20.2 Å². The van der Waals surface area contributed by atoms with Gasteiger partial charge >= 0.3 is 6.03 Å². The van der Waals surface area contributed by atoms with E-state index in [0.717, 1.165) is 10.5 Å². The van der Waals surface area contributed by atoms with E-state index in [-0.39, 0.29) is 5.57 Å². The number of hydrogen-bond acceptors (Lipinski definition) is 4. The Hall–Kier alpha value is -2.34. The average molecular weight is 288 g/mol. The molecule has 102 valence electrons. The first-order valence-electron chi connectivity index (χ1n) is 5.80. The van der Waals surface area contributed by atoms with Crippen molar-refractivity contribution in [2.45, 2.75) is 0 Å². The molecule has 0 bridgehead atoms. The van der Waals surface area contributed by atoms with Crippen LogP contribution in [-0.4, -0.2) is 24.1 Å². The van der Waals surface area contributed by atoms with Crippen molar-refractivity contribution >= 4 is 34.5 Å². The Morgan fingerprint density at radius 2 is 1.65 bits per heavy atom. The van der Waals surface area contributed by atoms with Gasteiger partial charge in [-0.1, -0.05) is 30.3 Å². The summed E-state index contributed by atoms with van der Waals surface area (Å²) in [5, 5.41) is 4.05. The molecule has 1 saturated heterocycles. The number of carbonyl (C=O) groups is 3. The van der Waals surface area contributed by atoms with Crippen LogP contribution in [0.2, 0.25) is 0 Å². The number of imide groups is 2. The van der Waals surface area contributed by atoms with Crippen molar-refractivity contribution < 1.29 is 14.4 Å². The molecule has 0 aliphatic carbocycles. The number of amides is 4. The molecule has 0 radical (unpaired) electrons. The maximum absolute atomic E-state index is 11.6. The zero-order valence-electron chi connectivity index (χ0n) is 10.7. The minimum atomic E-state index is -0.797. The van der Waals surface area contributed by atoms with Gasteiger partial charge in [-0.25, -0.2) is 4.79 Å². The Bertz CT molecular complexity index is 599. The fraction of sp³-hybridized carbons (Fsp3) is 0.0714. The fourth-order valence-electron chi connectivity index (χ4n) is 1.67.